The van der Waals surface area contributed by atoms with Crippen LogP contribution in [0.3, 0.4) is 0 Å². The number of anilines is 1. The van der Waals surface area contributed by atoms with Crippen molar-refractivity contribution in [1.82, 2.24) is 0 Å². The average Bonchev–Trinajstić information content (AvgIpc) is 2.42. The molecule has 5 heteroatoms. The number of aromatic hydroxyl groups is 1. The lowest BCUT2D eigenvalue weighted by atomic mass is 9.92. The standard InChI is InChI=1S/C12H12FNO3/c1-12(2)6-10(16)14(11(12)17)7-3-4-9(15)8(13)5-7/h3-5,15H,6H2,1-2H3. The van der Waals surface area contributed by atoms with Crippen LogP contribution in [0.2, 0.25) is 0 Å². The number of nitrogens with zero attached hydrogens (tertiary/aromatic N) is 1. The lowest BCUT2D eigenvalue weighted by molar-refractivity contribution is -0.124. The minimum absolute atomic E-state index is 0.105. The Labute approximate surface area is 97.7 Å². The number of hydrogen-bond donors (Lipinski definition) is 1. The molecule has 1 aliphatic heterocycles. The maximum Gasteiger partial charge on any atom is 0.239 e. The molecular weight excluding hydrogens is 225 g/mol. The number of hydrogen-bond acceptors (Lipinski definition) is 3. The summed E-state index contributed by atoms with van der Waals surface area (Å²) in [6.07, 6.45) is 0.105. The van der Waals surface area contributed by atoms with E-state index in [0.717, 1.165) is 17.0 Å². The summed E-state index contributed by atoms with van der Waals surface area (Å²) in [6.45, 7) is 3.34. The summed E-state index contributed by atoms with van der Waals surface area (Å²) in [4.78, 5) is 24.6. The van der Waals surface area contributed by atoms with Crippen LogP contribution in [-0.2, 0) is 9.59 Å². The van der Waals surface area contributed by atoms with E-state index in [0.29, 0.717) is 0 Å². The predicted molar refractivity (Wildman–Crippen MR) is 59.0 cm³/mol. The Bertz CT molecular complexity index is 510. The molecule has 0 spiro atoms. The van der Waals surface area contributed by atoms with Crippen LogP contribution in [0, 0.1) is 11.2 Å². The first-order chi connectivity index (χ1) is 7.83. The highest BCUT2D eigenvalue weighted by Gasteiger charge is 2.45. The maximum atomic E-state index is 13.2. The van der Waals surface area contributed by atoms with Crippen LogP contribution in [0.5, 0.6) is 5.75 Å². The summed E-state index contributed by atoms with van der Waals surface area (Å²) < 4.78 is 13.2. The second-order valence-electron chi connectivity index (χ2n) is 4.73. The number of halogens is 1. The van der Waals surface area contributed by atoms with Gasteiger partial charge in [-0.1, -0.05) is 13.8 Å². The minimum atomic E-state index is -0.854. The first-order valence-corrected chi connectivity index (χ1v) is 5.19. The number of imide groups is 1. The Hall–Kier alpha value is -1.91. The molecule has 0 atom stereocenters. The third kappa shape index (κ3) is 1.77. The SMILES string of the molecule is CC1(C)CC(=O)N(c2ccc(O)c(F)c2)C1=O. The van der Waals surface area contributed by atoms with E-state index in [1.807, 2.05) is 0 Å². The molecule has 2 rings (SSSR count). The molecule has 17 heavy (non-hydrogen) atoms. The number of phenolic OH excluding ortho intramolecular Hbond substituents is 1. The largest absolute Gasteiger partial charge is 0.505 e. The molecule has 1 N–H and O–H groups in total. The van der Waals surface area contributed by atoms with Crippen LogP contribution < -0.4 is 4.90 Å². The van der Waals surface area contributed by atoms with Crippen LogP contribution in [0.1, 0.15) is 20.3 Å². The Kier molecular flexibility index (Phi) is 2.41. The number of phenols is 1. The third-order valence-electron chi connectivity index (χ3n) is 2.81. The zero-order valence-corrected chi connectivity index (χ0v) is 9.53. The minimum Gasteiger partial charge on any atom is -0.505 e. The van der Waals surface area contributed by atoms with E-state index in [4.69, 9.17) is 5.11 Å². The van der Waals surface area contributed by atoms with E-state index in [2.05, 4.69) is 0 Å². The summed E-state index contributed by atoms with van der Waals surface area (Å²) in [5, 5.41) is 9.06. The summed E-state index contributed by atoms with van der Waals surface area (Å²) in [5.41, 5.74) is -0.605. The average molecular weight is 237 g/mol. The molecule has 1 heterocycles. The van der Waals surface area contributed by atoms with Gasteiger partial charge in [0.2, 0.25) is 11.8 Å². The topological polar surface area (TPSA) is 57.6 Å². The van der Waals surface area contributed by atoms with Crippen molar-refractivity contribution in [1.29, 1.82) is 0 Å². The van der Waals surface area contributed by atoms with Gasteiger partial charge in [-0.2, -0.15) is 0 Å². The Balaban J connectivity index is 2.44. The van der Waals surface area contributed by atoms with E-state index in [1.165, 1.54) is 6.07 Å². The van der Waals surface area contributed by atoms with Crippen LogP contribution >= 0.6 is 0 Å². The van der Waals surface area contributed by atoms with E-state index in [-0.39, 0.29) is 23.9 Å². The van der Waals surface area contributed by atoms with Gasteiger partial charge < -0.3 is 5.11 Å². The van der Waals surface area contributed by atoms with E-state index >= 15 is 0 Å². The maximum absolute atomic E-state index is 13.2. The van der Waals surface area contributed by atoms with Gasteiger partial charge in [-0.3, -0.25) is 9.59 Å². The molecule has 0 aliphatic carbocycles. The third-order valence-corrected chi connectivity index (χ3v) is 2.81. The van der Waals surface area contributed by atoms with E-state index in [1.54, 1.807) is 13.8 Å². The van der Waals surface area contributed by atoms with Crippen LogP contribution in [0.4, 0.5) is 10.1 Å². The second-order valence-corrected chi connectivity index (χ2v) is 4.73. The summed E-state index contributed by atoms with van der Waals surface area (Å²) in [7, 11) is 0. The van der Waals surface area contributed by atoms with Gasteiger partial charge in [-0.15, -0.1) is 0 Å². The van der Waals surface area contributed by atoms with Crippen molar-refractivity contribution in [2.24, 2.45) is 5.41 Å². The lowest BCUT2D eigenvalue weighted by Gasteiger charge is -2.17. The number of carbonyl (C=O) groups is 2. The Morgan fingerprint density at radius 3 is 2.47 bits per heavy atom. The van der Waals surface area contributed by atoms with Gasteiger partial charge in [-0.25, -0.2) is 9.29 Å². The highest BCUT2D eigenvalue weighted by atomic mass is 19.1. The fourth-order valence-corrected chi connectivity index (χ4v) is 1.84. The molecule has 2 amide bonds. The molecule has 1 aromatic rings. The normalized spacial score (nSPS) is 18.9. The smallest absolute Gasteiger partial charge is 0.239 e. The molecule has 0 saturated carbocycles. The molecule has 4 nitrogen and oxygen atoms in total. The monoisotopic (exact) mass is 237 g/mol. The van der Waals surface area contributed by atoms with E-state index < -0.39 is 17.0 Å². The molecule has 1 aliphatic rings. The van der Waals surface area contributed by atoms with Gasteiger partial charge in [0, 0.05) is 12.5 Å². The molecule has 0 unspecified atom stereocenters. The summed E-state index contributed by atoms with van der Waals surface area (Å²) in [6, 6.07) is 3.44. The highest BCUT2D eigenvalue weighted by Crippen LogP contribution is 2.35. The van der Waals surface area contributed by atoms with E-state index in [9.17, 15) is 14.0 Å². The Morgan fingerprint density at radius 1 is 1.35 bits per heavy atom. The van der Waals surface area contributed by atoms with Gasteiger partial charge in [0.15, 0.2) is 11.6 Å². The summed E-state index contributed by atoms with van der Waals surface area (Å²) in [5.74, 6) is -2.07. The van der Waals surface area contributed by atoms with Crippen LogP contribution in [0.15, 0.2) is 18.2 Å². The first-order valence-electron chi connectivity index (χ1n) is 5.19. The fraction of sp³-hybridized carbons (Fsp3) is 0.333. The molecule has 0 radical (unpaired) electrons. The van der Waals surface area contributed by atoms with Crippen molar-refractivity contribution in [2.45, 2.75) is 20.3 Å². The molecule has 1 saturated heterocycles. The Morgan fingerprint density at radius 2 is 2.00 bits per heavy atom. The molecule has 90 valence electrons. The molecule has 1 fully saturated rings. The second kappa shape index (κ2) is 3.55. The number of carbonyl (C=O) groups excluding carboxylic acids is 2. The van der Waals surface area contributed by atoms with Crippen LogP contribution in [-0.4, -0.2) is 16.9 Å². The predicted octanol–water partition coefficient (Wildman–Crippen LogP) is 1.82. The zero-order chi connectivity index (χ0) is 12.8. The zero-order valence-electron chi connectivity index (χ0n) is 9.53. The van der Waals surface area contributed by atoms with Crippen molar-refractivity contribution in [3.63, 3.8) is 0 Å². The van der Waals surface area contributed by atoms with Gasteiger partial charge in [0.1, 0.15) is 0 Å². The summed E-state index contributed by atoms with van der Waals surface area (Å²) >= 11 is 0. The highest BCUT2D eigenvalue weighted by molar-refractivity contribution is 6.22. The quantitative estimate of drug-likeness (QED) is 0.758. The van der Waals surface area contributed by atoms with Crippen molar-refractivity contribution < 1.29 is 19.1 Å². The molecule has 0 aromatic heterocycles. The fourth-order valence-electron chi connectivity index (χ4n) is 1.84. The molecule has 1 aromatic carbocycles. The van der Waals surface area contributed by atoms with Crippen molar-refractivity contribution in [2.75, 3.05) is 4.90 Å². The molecule has 0 bridgehead atoms. The number of rotatable bonds is 1. The van der Waals surface area contributed by atoms with Gasteiger partial charge in [-0.05, 0) is 12.1 Å². The lowest BCUT2D eigenvalue weighted by Crippen LogP contribution is -2.32. The number of amides is 2. The van der Waals surface area contributed by atoms with Crippen molar-refractivity contribution in [3.05, 3.63) is 24.0 Å². The first kappa shape index (κ1) is 11.6. The van der Waals surface area contributed by atoms with Crippen LogP contribution in [0.25, 0.3) is 0 Å². The molecular formula is C12H12FNO3. The van der Waals surface area contributed by atoms with Gasteiger partial charge in [0.05, 0.1) is 11.1 Å². The van der Waals surface area contributed by atoms with Crippen molar-refractivity contribution in [3.8, 4) is 5.75 Å². The van der Waals surface area contributed by atoms with Gasteiger partial charge >= 0.3 is 0 Å². The number of benzene rings is 1. The van der Waals surface area contributed by atoms with Gasteiger partial charge in [0.25, 0.3) is 0 Å². The van der Waals surface area contributed by atoms with Crippen molar-refractivity contribution >= 4 is 17.5 Å².